The Labute approximate surface area is 95.1 Å². The maximum absolute atomic E-state index is 11.6. The van der Waals surface area contributed by atoms with Crippen molar-refractivity contribution in [3.05, 3.63) is 28.2 Å². The van der Waals surface area contributed by atoms with Crippen molar-refractivity contribution in [3.8, 4) is 0 Å². The number of halogens is 1. The molecular formula is C10H10BrNO3. The molecule has 0 saturated carbocycles. The summed E-state index contributed by atoms with van der Waals surface area (Å²) >= 11 is 3.29. The normalized spacial score (nSPS) is 23.8. The third kappa shape index (κ3) is 1.47. The van der Waals surface area contributed by atoms with Crippen LogP contribution >= 0.6 is 15.9 Å². The molecule has 0 aliphatic carbocycles. The molecule has 1 amide bonds. The Morgan fingerprint density at radius 2 is 2.20 bits per heavy atom. The van der Waals surface area contributed by atoms with Crippen LogP contribution in [0, 0.1) is 0 Å². The number of anilines is 1. The summed E-state index contributed by atoms with van der Waals surface area (Å²) in [7, 11) is 0. The van der Waals surface area contributed by atoms with Gasteiger partial charge in [0.1, 0.15) is 0 Å². The van der Waals surface area contributed by atoms with Crippen LogP contribution in [-0.2, 0) is 10.4 Å². The van der Waals surface area contributed by atoms with Crippen LogP contribution in [0.15, 0.2) is 22.7 Å². The number of carbonyl (C=O) groups is 1. The van der Waals surface area contributed by atoms with Crippen molar-refractivity contribution < 1.29 is 15.0 Å². The van der Waals surface area contributed by atoms with Crippen molar-refractivity contribution in [2.45, 2.75) is 12.0 Å². The average Bonchev–Trinajstić information content (AvgIpc) is 2.41. The standard InChI is InChI=1S/C10H10BrNO3/c11-6-2-1-3-7-8(6)10(15,4-5-13)9(14)12-7/h1-3,13,15H,4-5H2,(H,12,14)/t10-/m1/s1. The quantitative estimate of drug-likeness (QED) is 0.751. The first-order chi connectivity index (χ1) is 7.09. The van der Waals surface area contributed by atoms with Crippen LogP contribution in [0.3, 0.4) is 0 Å². The van der Waals surface area contributed by atoms with Gasteiger partial charge in [0.15, 0.2) is 5.60 Å². The second kappa shape index (κ2) is 3.59. The van der Waals surface area contributed by atoms with Crippen LogP contribution < -0.4 is 5.32 Å². The molecule has 0 saturated heterocycles. The highest BCUT2D eigenvalue weighted by molar-refractivity contribution is 9.10. The fraction of sp³-hybridized carbons (Fsp3) is 0.300. The summed E-state index contributed by atoms with van der Waals surface area (Å²) in [6.45, 7) is -0.245. The first kappa shape index (κ1) is 10.6. The number of carbonyl (C=O) groups excluding carboxylic acids is 1. The van der Waals surface area contributed by atoms with Crippen molar-refractivity contribution >= 4 is 27.5 Å². The lowest BCUT2D eigenvalue weighted by molar-refractivity contribution is -0.135. The van der Waals surface area contributed by atoms with Gasteiger partial charge in [-0.05, 0) is 12.1 Å². The van der Waals surface area contributed by atoms with Crippen LogP contribution in [-0.4, -0.2) is 22.7 Å². The van der Waals surface area contributed by atoms with Gasteiger partial charge in [0, 0.05) is 28.8 Å². The molecule has 1 atom stereocenters. The van der Waals surface area contributed by atoms with E-state index in [1.54, 1.807) is 18.2 Å². The SMILES string of the molecule is O=C1Nc2cccc(Br)c2[C@]1(O)CCO. The van der Waals surface area contributed by atoms with Crippen molar-refractivity contribution in [3.63, 3.8) is 0 Å². The fourth-order valence-electron chi connectivity index (χ4n) is 1.79. The number of benzene rings is 1. The van der Waals surface area contributed by atoms with Crippen LogP contribution in [0.2, 0.25) is 0 Å². The number of fused-ring (bicyclic) bond motifs is 1. The highest BCUT2D eigenvalue weighted by Gasteiger charge is 2.45. The van der Waals surface area contributed by atoms with E-state index in [4.69, 9.17) is 5.11 Å². The minimum absolute atomic E-state index is 0.00551. The van der Waals surface area contributed by atoms with E-state index >= 15 is 0 Å². The van der Waals surface area contributed by atoms with E-state index in [1.807, 2.05) is 0 Å². The summed E-state index contributed by atoms with van der Waals surface area (Å²) in [5.74, 6) is -0.488. The summed E-state index contributed by atoms with van der Waals surface area (Å²) in [5, 5.41) is 21.6. The maximum Gasteiger partial charge on any atom is 0.261 e. The lowest BCUT2D eigenvalue weighted by Crippen LogP contribution is -2.35. The molecule has 1 heterocycles. The molecule has 0 fully saturated rings. The number of rotatable bonds is 2. The largest absolute Gasteiger partial charge is 0.396 e. The number of aliphatic hydroxyl groups excluding tert-OH is 1. The molecule has 3 N–H and O–H groups in total. The summed E-state index contributed by atoms with van der Waals surface area (Å²) in [5.41, 5.74) is -0.529. The zero-order valence-electron chi connectivity index (χ0n) is 7.83. The Morgan fingerprint density at radius 1 is 1.47 bits per heavy atom. The number of nitrogens with one attached hydrogen (secondary N) is 1. The fourth-order valence-corrected chi connectivity index (χ4v) is 2.48. The summed E-state index contributed by atoms with van der Waals surface area (Å²) in [4.78, 5) is 11.6. The van der Waals surface area contributed by atoms with Gasteiger partial charge < -0.3 is 15.5 Å². The first-order valence-corrected chi connectivity index (χ1v) is 5.32. The predicted octanol–water partition coefficient (Wildman–Crippen LogP) is 0.971. The van der Waals surface area contributed by atoms with Gasteiger partial charge in [0.2, 0.25) is 0 Å². The highest BCUT2D eigenvalue weighted by Crippen LogP contribution is 2.42. The van der Waals surface area contributed by atoms with E-state index in [-0.39, 0.29) is 13.0 Å². The van der Waals surface area contributed by atoms with Crippen LogP contribution in [0.1, 0.15) is 12.0 Å². The van der Waals surface area contributed by atoms with Crippen molar-refractivity contribution in [2.24, 2.45) is 0 Å². The topological polar surface area (TPSA) is 69.6 Å². The lowest BCUT2D eigenvalue weighted by atomic mass is 9.92. The van der Waals surface area contributed by atoms with E-state index in [0.29, 0.717) is 15.7 Å². The summed E-state index contributed by atoms with van der Waals surface area (Å²) in [6.07, 6.45) is -0.00551. The lowest BCUT2D eigenvalue weighted by Gasteiger charge is -2.20. The molecular weight excluding hydrogens is 262 g/mol. The zero-order chi connectivity index (χ0) is 11.1. The van der Waals surface area contributed by atoms with Gasteiger partial charge in [0.05, 0.1) is 0 Å². The predicted molar refractivity (Wildman–Crippen MR) is 58.4 cm³/mol. The third-order valence-electron chi connectivity index (χ3n) is 2.52. The Morgan fingerprint density at radius 3 is 2.87 bits per heavy atom. The van der Waals surface area contributed by atoms with Crippen LogP contribution in [0.4, 0.5) is 5.69 Å². The molecule has 1 aliphatic rings. The third-order valence-corrected chi connectivity index (χ3v) is 3.19. The van der Waals surface area contributed by atoms with Gasteiger partial charge >= 0.3 is 0 Å². The first-order valence-electron chi connectivity index (χ1n) is 4.53. The van der Waals surface area contributed by atoms with E-state index < -0.39 is 11.5 Å². The Bertz CT molecular complexity index is 421. The number of hydrogen-bond donors (Lipinski definition) is 3. The molecule has 0 bridgehead atoms. The minimum atomic E-state index is -1.62. The molecule has 0 radical (unpaired) electrons. The summed E-state index contributed by atoms with van der Waals surface area (Å²) in [6, 6.07) is 5.24. The smallest absolute Gasteiger partial charge is 0.261 e. The molecule has 1 aromatic rings. The molecule has 0 unspecified atom stereocenters. The summed E-state index contributed by atoms with van der Waals surface area (Å²) < 4.78 is 0.661. The number of aliphatic hydroxyl groups is 2. The van der Waals surface area contributed by atoms with E-state index in [2.05, 4.69) is 21.2 Å². The van der Waals surface area contributed by atoms with Crippen LogP contribution in [0.5, 0.6) is 0 Å². The Balaban J connectivity index is 2.57. The van der Waals surface area contributed by atoms with Gasteiger partial charge in [-0.25, -0.2) is 0 Å². The van der Waals surface area contributed by atoms with Gasteiger partial charge in [-0.15, -0.1) is 0 Å². The number of hydrogen-bond acceptors (Lipinski definition) is 3. The zero-order valence-corrected chi connectivity index (χ0v) is 9.41. The second-order valence-electron chi connectivity index (χ2n) is 3.45. The molecule has 5 heteroatoms. The van der Waals surface area contributed by atoms with Gasteiger partial charge in [0.25, 0.3) is 5.91 Å². The van der Waals surface area contributed by atoms with Gasteiger partial charge in [-0.3, -0.25) is 4.79 Å². The van der Waals surface area contributed by atoms with Gasteiger partial charge in [-0.2, -0.15) is 0 Å². The van der Waals surface area contributed by atoms with E-state index in [1.165, 1.54) is 0 Å². The average molecular weight is 272 g/mol. The molecule has 0 spiro atoms. The molecule has 15 heavy (non-hydrogen) atoms. The highest BCUT2D eigenvalue weighted by atomic mass is 79.9. The second-order valence-corrected chi connectivity index (χ2v) is 4.30. The van der Waals surface area contributed by atoms with Crippen molar-refractivity contribution in [1.29, 1.82) is 0 Å². The van der Waals surface area contributed by atoms with Crippen molar-refractivity contribution in [2.75, 3.05) is 11.9 Å². The minimum Gasteiger partial charge on any atom is -0.396 e. The van der Waals surface area contributed by atoms with E-state index in [9.17, 15) is 9.90 Å². The molecule has 1 aromatic carbocycles. The monoisotopic (exact) mass is 271 g/mol. The van der Waals surface area contributed by atoms with Crippen molar-refractivity contribution in [1.82, 2.24) is 0 Å². The Kier molecular flexibility index (Phi) is 2.54. The Hall–Kier alpha value is -0.910. The molecule has 80 valence electrons. The van der Waals surface area contributed by atoms with E-state index in [0.717, 1.165) is 0 Å². The van der Waals surface area contributed by atoms with Gasteiger partial charge in [-0.1, -0.05) is 22.0 Å². The maximum atomic E-state index is 11.6. The molecule has 2 rings (SSSR count). The number of amides is 1. The molecule has 4 nitrogen and oxygen atoms in total. The molecule has 1 aliphatic heterocycles. The molecule has 0 aromatic heterocycles. The van der Waals surface area contributed by atoms with Crippen LogP contribution in [0.25, 0.3) is 0 Å².